The molecular formula is C18H26N2O4. The van der Waals surface area contributed by atoms with Gasteiger partial charge in [0.2, 0.25) is 5.91 Å². The zero-order chi connectivity index (χ0) is 16.8. The molecule has 0 N–H and O–H groups in total. The third kappa shape index (κ3) is 4.39. The van der Waals surface area contributed by atoms with Gasteiger partial charge in [-0.3, -0.25) is 4.79 Å². The number of carbonyl (C=O) groups is 1. The summed E-state index contributed by atoms with van der Waals surface area (Å²) in [5, 5.41) is 0. The average molecular weight is 334 g/mol. The molecule has 132 valence electrons. The second-order valence-electron chi connectivity index (χ2n) is 6.31. The number of carbonyl (C=O) groups excluding carboxylic acids is 1. The summed E-state index contributed by atoms with van der Waals surface area (Å²) in [4.78, 5) is 16.4. The van der Waals surface area contributed by atoms with E-state index in [1.54, 1.807) is 7.11 Å². The van der Waals surface area contributed by atoms with Gasteiger partial charge < -0.3 is 24.0 Å². The Hall–Kier alpha value is -1.79. The quantitative estimate of drug-likeness (QED) is 0.787. The van der Waals surface area contributed by atoms with E-state index in [9.17, 15) is 4.79 Å². The van der Waals surface area contributed by atoms with Crippen LogP contribution in [0.15, 0.2) is 24.3 Å². The van der Waals surface area contributed by atoms with Gasteiger partial charge in [-0.2, -0.15) is 0 Å². The van der Waals surface area contributed by atoms with E-state index in [1.165, 1.54) is 0 Å². The van der Waals surface area contributed by atoms with Gasteiger partial charge in [-0.25, -0.2) is 0 Å². The molecule has 2 saturated heterocycles. The largest absolute Gasteiger partial charge is 0.497 e. The molecule has 3 rings (SSSR count). The predicted octanol–water partition coefficient (Wildman–Crippen LogP) is 1.40. The highest BCUT2D eigenvalue weighted by Crippen LogP contribution is 2.22. The molecule has 0 saturated carbocycles. The molecule has 1 aromatic carbocycles. The third-order valence-corrected chi connectivity index (χ3v) is 4.65. The Bertz CT molecular complexity index is 538. The maximum Gasteiger partial charge on any atom is 0.248 e. The van der Waals surface area contributed by atoms with Crippen molar-refractivity contribution < 1.29 is 19.0 Å². The van der Waals surface area contributed by atoms with Gasteiger partial charge in [0.1, 0.15) is 12.4 Å². The Labute approximate surface area is 143 Å². The number of hydrogen-bond acceptors (Lipinski definition) is 5. The van der Waals surface area contributed by atoms with Crippen molar-refractivity contribution in [2.24, 2.45) is 5.92 Å². The molecule has 0 bridgehead atoms. The minimum absolute atomic E-state index is 0.0826. The first-order chi connectivity index (χ1) is 11.8. The van der Waals surface area contributed by atoms with Crippen LogP contribution in [0.3, 0.4) is 0 Å². The molecule has 1 atom stereocenters. The molecule has 0 aliphatic carbocycles. The van der Waals surface area contributed by atoms with Crippen LogP contribution in [0.25, 0.3) is 0 Å². The molecular weight excluding hydrogens is 308 g/mol. The van der Waals surface area contributed by atoms with Crippen LogP contribution in [0, 0.1) is 5.92 Å². The minimum atomic E-state index is 0.0826. The predicted molar refractivity (Wildman–Crippen MR) is 91.5 cm³/mol. The first-order valence-corrected chi connectivity index (χ1v) is 8.58. The lowest BCUT2D eigenvalue weighted by Gasteiger charge is -2.36. The first-order valence-electron chi connectivity index (χ1n) is 8.58. The first kappa shape index (κ1) is 17.0. The molecule has 0 spiro atoms. The molecule has 0 unspecified atom stereocenters. The number of nitrogens with zero attached hydrogens (tertiary/aromatic N) is 2. The van der Waals surface area contributed by atoms with Crippen LogP contribution in [0.4, 0.5) is 5.69 Å². The van der Waals surface area contributed by atoms with Gasteiger partial charge in [-0.15, -0.1) is 0 Å². The fraction of sp³-hybridized carbons (Fsp3) is 0.611. The smallest absolute Gasteiger partial charge is 0.248 e. The summed E-state index contributed by atoms with van der Waals surface area (Å²) in [5.74, 6) is 1.39. The highest BCUT2D eigenvalue weighted by molar-refractivity contribution is 5.77. The number of methoxy groups -OCH3 is 1. The van der Waals surface area contributed by atoms with Crippen molar-refractivity contribution in [1.29, 1.82) is 0 Å². The molecule has 2 aliphatic heterocycles. The van der Waals surface area contributed by atoms with Crippen LogP contribution < -0.4 is 9.64 Å². The number of amides is 1. The van der Waals surface area contributed by atoms with E-state index < -0.39 is 0 Å². The van der Waals surface area contributed by atoms with Crippen LogP contribution in [0.5, 0.6) is 5.75 Å². The summed E-state index contributed by atoms with van der Waals surface area (Å²) in [5.41, 5.74) is 1.14. The van der Waals surface area contributed by atoms with E-state index in [0.29, 0.717) is 12.5 Å². The summed E-state index contributed by atoms with van der Waals surface area (Å²) in [6, 6.07) is 8.04. The number of piperazine rings is 1. The lowest BCUT2D eigenvalue weighted by atomic mass is 10.1. The minimum Gasteiger partial charge on any atom is -0.497 e. The molecule has 0 radical (unpaired) electrons. The van der Waals surface area contributed by atoms with E-state index in [2.05, 4.69) is 11.0 Å². The van der Waals surface area contributed by atoms with Crippen molar-refractivity contribution >= 4 is 11.6 Å². The highest BCUT2D eigenvalue weighted by atomic mass is 16.5. The van der Waals surface area contributed by atoms with Crippen molar-refractivity contribution in [2.45, 2.75) is 6.42 Å². The molecule has 24 heavy (non-hydrogen) atoms. The standard InChI is InChI=1S/C18H26N2O4/c1-22-17-4-2-3-16(11-17)19-6-8-20(9-7-19)18(21)14-24-13-15-5-10-23-12-15/h2-4,11,15H,5-10,12-14H2,1H3/t15-/m1/s1. The average Bonchev–Trinajstić information content (AvgIpc) is 3.15. The second kappa shape index (κ2) is 8.35. The molecule has 6 nitrogen and oxygen atoms in total. The van der Waals surface area contributed by atoms with Gasteiger partial charge in [-0.05, 0) is 18.6 Å². The van der Waals surface area contributed by atoms with Crippen molar-refractivity contribution in [3.05, 3.63) is 24.3 Å². The SMILES string of the molecule is COc1cccc(N2CCN(C(=O)COC[C@@H]3CCOC3)CC2)c1. The van der Waals surface area contributed by atoms with Gasteiger partial charge in [0.15, 0.2) is 0 Å². The summed E-state index contributed by atoms with van der Waals surface area (Å²) in [6.45, 7) is 5.48. The summed E-state index contributed by atoms with van der Waals surface area (Å²) < 4.78 is 16.2. The highest BCUT2D eigenvalue weighted by Gasteiger charge is 2.22. The molecule has 6 heteroatoms. The van der Waals surface area contributed by atoms with Gasteiger partial charge in [0.05, 0.1) is 20.3 Å². The third-order valence-electron chi connectivity index (χ3n) is 4.65. The fourth-order valence-electron chi connectivity index (χ4n) is 3.14. The van der Waals surface area contributed by atoms with Crippen LogP contribution >= 0.6 is 0 Å². The zero-order valence-electron chi connectivity index (χ0n) is 14.3. The van der Waals surface area contributed by atoms with Crippen molar-refractivity contribution in [3.63, 3.8) is 0 Å². The topological polar surface area (TPSA) is 51.2 Å². The van der Waals surface area contributed by atoms with E-state index in [1.807, 2.05) is 23.1 Å². The Morgan fingerprint density at radius 1 is 1.29 bits per heavy atom. The number of anilines is 1. The Morgan fingerprint density at radius 3 is 2.83 bits per heavy atom. The molecule has 2 fully saturated rings. The van der Waals surface area contributed by atoms with Gasteiger partial charge in [0.25, 0.3) is 0 Å². The molecule has 2 heterocycles. The zero-order valence-corrected chi connectivity index (χ0v) is 14.3. The summed E-state index contributed by atoms with van der Waals surface area (Å²) >= 11 is 0. The fourth-order valence-corrected chi connectivity index (χ4v) is 3.14. The number of hydrogen-bond donors (Lipinski definition) is 0. The molecule has 2 aliphatic rings. The van der Waals surface area contributed by atoms with E-state index >= 15 is 0 Å². The van der Waals surface area contributed by atoms with Gasteiger partial charge in [-0.1, -0.05) is 6.07 Å². The second-order valence-corrected chi connectivity index (χ2v) is 6.31. The number of benzene rings is 1. The van der Waals surface area contributed by atoms with Gasteiger partial charge >= 0.3 is 0 Å². The van der Waals surface area contributed by atoms with E-state index in [0.717, 1.165) is 57.3 Å². The van der Waals surface area contributed by atoms with Crippen LogP contribution in [-0.4, -0.2) is 70.5 Å². The summed E-state index contributed by atoms with van der Waals surface area (Å²) in [7, 11) is 1.67. The lowest BCUT2D eigenvalue weighted by Crippen LogP contribution is -2.49. The summed E-state index contributed by atoms with van der Waals surface area (Å²) in [6.07, 6.45) is 1.04. The van der Waals surface area contributed by atoms with Crippen LogP contribution in [0.2, 0.25) is 0 Å². The normalized spacial score (nSPS) is 21.1. The number of ether oxygens (including phenoxy) is 3. The maximum atomic E-state index is 12.2. The van der Waals surface area contributed by atoms with Crippen molar-refractivity contribution in [3.8, 4) is 5.75 Å². The maximum absolute atomic E-state index is 12.2. The Balaban J connectivity index is 1.41. The monoisotopic (exact) mass is 334 g/mol. The molecule has 1 aromatic rings. The van der Waals surface area contributed by atoms with E-state index in [-0.39, 0.29) is 12.5 Å². The molecule has 1 amide bonds. The van der Waals surface area contributed by atoms with Crippen LogP contribution in [-0.2, 0) is 14.3 Å². The molecule has 0 aromatic heterocycles. The van der Waals surface area contributed by atoms with Crippen molar-refractivity contribution in [2.75, 3.05) is 64.6 Å². The Kier molecular flexibility index (Phi) is 5.93. The van der Waals surface area contributed by atoms with Gasteiger partial charge in [0, 0.05) is 50.5 Å². The number of rotatable bonds is 6. The lowest BCUT2D eigenvalue weighted by molar-refractivity contribution is -0.136. The Morgan fingerprint density at radius 2 is 2.12 bits per heavy atom. The van der Waals surface area contributed by atoms with E-state index in [4.69, 9.17) is 14.2 Å². The van der Waals surface area contributed by atoms with Crippen LogP contribution in [0.1, 0.15) is 6.42 Å². The van der Waals surface area contributed by atoms with Crippen molar-refractivity contribution in [1.82, 2.24) is 4.90 Å².